The standard InChI is InChI=1S/C11H12F4N2O.ClH/c1-6(5-16)17-10(18)7-2-8(11(13,14)15)4-9(12)3-7;/h2-4,6H,5,16H2,1H3,(H,17,18);1H/t6-;/m0./s1. The van der Waals surface area contributed by atoms with Crippen molar-refractivity contribution in [2.24, 2.45) is 5.73 Å². The van der Waals surface area contributed by atoms with Crippen LogP contribution in [0.4, 0.5) is 17.6 Å². The molecule has 0 aliphatic heterocycles. The third-order valence-corrected chi connectivity index (χ3v) is 2.22. The molecule has 1 aromatic rings. The molecule has 3 N–H and O–H groups in total. The van der Waals surface area contributed by atoms with Crippen molar-refractivity contribution >= 4 is 18.3 Å². The summed E-state index contributed by atoms with van der Waals surface area (Å²) in [5, 5.41) is 2.35. The van der Waals surface area contributed by atoms with E-state index in [1.54, 1.807) is 6.92 Å². The number of amides is 1. The van der Waals surface area contributed by atoms with Crippen LogP contribution in [0, 0.1) is 5.82 Å². The molecule has 3 nitrogen and oxygen atoms in total. The van der Waals surface area contributed by atoms with Gasteiger partial charge in [-0.15, -0.1) is 12.4 Å². The summed E-state index contributed by atoms with van der Waals surface area (Å²) >= 11 is 0. The average Bonchev–Trinajstić information content (AvgIpc) is 2.26. The van der Waals surface area contributed by atoms with E-state index in [9.17, 15) is 22.4 Å². The number of alkyl halides is 3. The number of rotatable bonds is 3. The Morgan fingerprint density at radius 1 is 1.37 bits per heavy atom. The first-order valence-corrected chi connectivity index (χ1v) is 5.12. The monoisotopic (exact) mass is 300 g/mol. The van der Waals surface area contributed by atoms with Gasteiger partial charge in [-0.2, -0.15) is 13.2 Å². The molecule has 0 radical (unpaired) electrons. The van der Waals surface area contributed by atoms with Crippen LogP contribution in [0.25, 0.3) is 0 Å². The van der Waals surface area contributed by atoms with Gasteiger partial charge in [0.05, 0.1) is 5.56 Å². The highest BCUT2D eigenvalue weighted by Gasteiger charge is 2.32. The molecule has 19 heavy (non-hydrogen) atoms. The summed E-state index contributed by atoms with van der Waals surface area (Å²) < 4.78 is 50.3. The number of hydrogen-bond acceptors (Lipinski definition) is 2. The molecule has 0 fully saturated rings. The Morgan fingerprint density at radius 2 is 1.95 bits per heavy atom. The van der Waals surface area contributed by atoms with Gasteiger partial charge in [0.2, 0.25) is 0 Å². The number of nitrogens with two attached hydrogens (primary N) is 1. The summed E-state index contributed by atoms with van der Waals surface area (Å²) in [6.45, 7) is 1.72. The summed E-state index contributed by atoms with van der Waals surface area (Å²) in [6, 6.07) is 1.27. The predicted molar refractivity (Wildman–Crippen MR) is 64.6 cm³/mol. The molecule has 0 aliphatic rings. The number of benzene rings is 1. The average molecular weight is 301 g/mol. The second kappa shape index (κ2) is 6.72. The Balaban J connectivity index is 0.00000324. The van der Waals surface area contributed by atoms with E-state index in [0.717, 1.165) is 6.07 Å². The first kappa shape index (κ1) is 17.7. The van der Waals surface area contributed by atoms with Gasteiger partial charge in [0.15, 0.2) is 0 Å². The van der Waals surface area contributed by atoms with E-state index in [0.29, 0.717) is 12.1 Å². The molecule has 0 aromatic heterocycles. The smallest absolute Gasteiger partial charge is 0.348 e. The number of halogens is 5. The highest BCUT2D eigenvalue weighted by molar-refractivity contribution is 5.94. The van der Waals surface area contributed by atoms with E-state index in [1.807, 2.05) is 0 Å². The molecule has 108 valence electrons. The molecule has 8 heteroatoms. The fourth-order valence-corrected chi connectivity index (χ4v) is 1.25. The lowest BCUT2D eigenvalue weighted by Crippen LogP contribution is -2.37. The highest BCUT2D eigenvalue weighted by Crippen LogP contribution is 2.30. The largest absolute Gasteiger partial charge is 0.416 e. The molecule has 1 rings (SSSR count). The second-order valence-corrected chi connectivity index (χ2v) is 3.84. The van der Waals surface area contributed by atoms with Crippen molar-refractivity contribution in [3.05, 3.63) is 35.1 Å². The van der Waals surface area contributed by atoms with Gasteiger partial charge in [0.1, 0.15) is 5.82 Å². The van der Waals surface area contributed by atoms with Crippen molar-refractivity contribution in [1.82, 2.24) is 5.32 Å². The van der Waals surface area contributed by atoms with Gasteiger partial charge in [-0.3, -0.25) is 4.79 Å². The molecule has 0 saturated heterocycles. The van der Waals surface area contributed by atoms with Crippen molar-refractivity contribution in [2.45, 2.75) is 19.1 Å². The van der Waals surface area contributed by atoms with E-state index in [1.165, 1.54) is 0 Å². The lowest BCUT2D eigenvalue weighted by molar-refractivity contribution is -0.137. The topological polar surface area (TPSA) is 55.1 Å². The first-order valence-electron chi connectivity index (χ1n) is 5.12. The number of carbonyl (C=O) groups is 1. The van der Waals surface area contributed by atoms with Crippen LogP contribution in [0.1, 0.15) is 22.8 Å². The van der Waals surface area contributed by atoms with E-state index in [2.05, 4.69) is 5.32 Å². The van der Waals surface area contributed by atoms with Crippen LogP contribution in [0.3, 0.4) is 0 Å². The van der Waals surface area contributed by atoms with Crippen LogP contribution < -0.4 is 11.1 Å². The van der Waals surface area contributed by atoms with Crippen LogP contribution in [-0.4, -0.2) is 18.5 Å². The normalized spacial score (nSPS) is 12.5. The van der Waals surface area contributed by atoms with Crippen molar-refractivity contribution in [3.63, 3.8) is 0 Å². The van der Waals surface area contributed by atoms with Gasteiger partial charge < -0.3 is 11.1 Å². The lowest BCUT2D eigenvalue weighted by atomic mass is 10.1. The molecule has 0 heterocycles. The zero-order chi connectivity index (χ0) is 13.9. The Hall–Kier alpha value is -1.34. The Labute approximate surface area is 113 Å². The molecule has 0 spiro atoms. The minimum absolute atomic E-state index is 0. The van der Waals surface area contributed by atoms with Crippen molar-refractivity contribution < 1.29 is 22.4 Å². The van der Waals surface area contributed by atoms with Crippen molar-refractivity contribution in [3.8, 4) is 0 Å². The van der Waals surface area contributed by atoms with Gasteiger partial charge in [-0.1, -0.05) is 0 Å². The van der Waals surface area contributed by atoms with Crippen molar-refractivity contribution in [1.29, 1.82) is 0 Å². The molecule has 0 aliphatic carbocycles. The molecule has 0 unspecified atom stereocenters. The third-order valence-electron chi connectivity index (χ3n) is 2.22. The number of carbonyl (C=O) groups excluding carboxylic acids is 1. The lowest BCUT2D eigenvalue weighted by Gasteiger charge is -2.13. The quantitative estimate of drug-likeness (QED) is 0.842. The van der Waals surface area contributed by atoms with Crippen LogP contribution in [0.15, 0.2) is 18.2 Å². The van der Waals surface area contributed by atoms with Gasteiger partial charge in [-0.05, 0) is 25.1 Å². The van der Waals surface area contributed by atoms with Crippen LogP contribution in [0.5, 0.6) is 0 Å². The molecular weight excluding hydrogens is 288 g/mol. The minimum atomic E-state index is -4.70. The Kier molecular flexibility index (Phi) is 6.24. The SMILES string of the molecule is C[C@@H](CN)NC(=O)c1cc(F)cc(C(F)(F)F)c1.Cl. The van der Waals surface area contributed by atoms with Crippen molar-refractivity contribution in [2.75, 3.05) is 6.54 Å². The van der Waals surface area contributed by atoms with Gasteiger partial charge in [-0.25, -0.2) is 4.39 Å². The van der Waals surface area contributed by atoms with Gasteiger partial charge >= 0.3 is 6.18 Å². The minimum Gasteiger partial charge on any atom is -0.348 e. The Morgan fingerprint density at radius 3 is 2.42 bits per heavy atom. The maximum Gasteiger partial charge on any atom is 0.416 e. The van der Waals surface area contributed by atoms with E-state index in [-0.39, 0.29) is 24.5 Å². The summed E-state index contributed by atoms with van der Waals surface area (Å²) in [6.07, 6.45) is -4.70. The van der Waals surface area contributed by atoms with Gasteiger partial charge in [0, 0.05) is 18.2 Å². The maximum absolute atomic E-state index is 13.0. The zero-order valence-corrected chi connectivity index (χ0v) is 10.7. The van der Waals surface area contributed by atoms with E-state index in [4.69, 9.17) is 5.73 Å². The predicted octanol–water partition coefficient (Wildman–Crippen LogP) is 2.34. The van der Waals surface area contributed by atoms with Crippen LogP contribution in [-0.2, 0) is 6.18 Å². The summed E-state index contributed by atoms with van der Waals surface area (Å²) in [4.78, 5) is 11.5. The maximum atomic E-state index is 13.0. The fourth-order valence-electron chi connectivity index (χ4n) is 1.25. The van der Waals surface area contributed by atoms with Crippen LogP contribution >= 0.6 is 12.4 Å². The summed E-state index contributed by atoms with van der Waals surface area (Å²) in [7, 11) is 0. The molecule has 1 amide bonds. The van der Waals surface area contributed by atoms with E-state index >= 15 is 0 Å². The van der Waals surface area contributed by atoms with Crippen LogP contribution in [0.2, 0.25) is 0 Å². The van der Waals surface area contributed by atoms with E-state index < -0.39 is 29.5 Å². The zero-order valence-electron chi connectivity index (χ0n) is 9.92. The number of hydrogen-bond donors (Lipinski definition) is 2. The highest BCUT2D eigenvalue weighted by atomic mass is 35.5. The third kappa shape index (κ3) is 5.04. The molecule has 0 saturated carbocycles. The molecule has 0 bridgehead atoms. The molecular formula is C11H13ClF4N2O. The molecule has 1 aromatic carbocycles. The molecule has 1 atom stereocenters. The second-order valence-electron chi connectivity index (χ2n) is 3.84. The fraction of sp³-hybridized carbons (Fsp3) is 0.364. The summed E-state index contributed by atoms with van der Waals surface area (Å²) in [5.74, 6) is -1.91. The Bertz CT molecular complexity index is 451. The first-order chi connectivity index (χ1) is 8.24. The van der Waals surface area contributed by atoms with Gasteiger partial charge in [0.25, 0.3) is 5.91 Å². The number of nitrogens with one attached hydrogen (secondary N) is 1. The summed E-state index contributed by atoms with van der Waals surface area (Å²) in [5.41, 5.74) is 3.67.